The number of aromatic nitrogens is 2. The van der Waals surface area contributed by atoms with Crippen molar-refractivity contribution < 1.29 is 9.53 Å². The first-order valence-corrected chi connectivity index (χ1v) is 5.41. The number of carbonyl (C=O) groups is 1. The summed E-state index contributed by atoms with van der Waals surface area (Å²) in [6.45, 7) is 6.09. The predicted molar refractivity (Wildman–Crippen MR) is 61.0 cm³/mol. The normalized spacial score (nSPS) is 12.4. The van der Waals surface area contributed by atoms with E-state index in [4.69, 9.17) is 0 Å². The van der Waals surface area contributed by atoms with Crippen LogP contribution in [0.3, 0.4) is 0 Å². The van der Waals surface area contributed by atoms with Crippen LogP contribution in [0.1, 0.15) is 12.5 Å². The molecule has 1 unspecified atom stereocenters. The highest BCUT2D eigenvalue weighted by molar-refractivity contribution is 5.71. The molecule has 1 rings (SSSR count). The fraction of sp³-hybridized carbons (Fsp3) is 0.636. The van der Waals surface area contributed by atoms with Gasteiger partial charge in [0, 0.05) is 19.3 Å². The van der Waals surface area contributed by atoms with E-state index < -0.39 is 0 Å². The molecule has 0 spiro atoms. The Hall–Kier alpha value is -1.36. The van der Waals surface area contributed by atoms with Gasteiger partial charge >= 0.3 is 5.97 Å². The third-order valence-electron chi connectivity index (χ3n) is 2.33. The number of hydrogen-bond acceptors (Lipinski definition) is 4. The van der Waals surface area contributed by atoms with Crippen molar-refractivity contribution in [2.75, 3.05) is 20.2 Å². The fourth-order valence-electron chi connectivity index (χ4n) is 1.39. The van der Waals surface area contributed by atoms with Crippen LogP contribution in [0.25, 0.3) is 0 Å². The molecule has 0 radical (unpaired) electrons. The molecule has 1 N–H and O–H groups in total. The van der Waals surface area contributed by atoms with Gasteiger partial charge in [-0.1, -0.05) is 6.92 Å². The van der Waals surface area contributed by atoms with Crippen LogP contribution in [0.5, 0.6) is 0 Å². The van der Waals surface area contributed by atoms with Gasteiger partial charge in [-0.15, -0.1) is 0 Å². The lowest BCUT2D eigenvalue weighted by molar-refractivity contribution is -0.144. The maximum Gasteiger partial charge on any atom is 0.309 e. The van der Waals surface area contributed by atoms with Crippen molar-refractivity contribution >= 4 is 5.97 Å². The molecule has 1 heterocycles. The highest BCUT2D eigenvalue weighted by Gasteiger charge is 2.11. The number of hydrogen-bond donors (Lipinski definition) is 1. The highest BCUT2D eigenvalue weighted by Crippen LogP contribution is 1.96. The summed E-state index contributed by atoms with van der Waals surface area (Å²) in [5.41, 5.74) is 1.16. The summed E-state index contributed by atoms with van der Waals surface area (Å²) in [4.78, 5) is 11.1. The minimum absolute atomic E-state index is 0.107. The molecule has 1 aromatic heterocycles. The molecule has 0 fully saturated rings. The van der Waals surface area contributed by atoms with Crippen LogP contribution in [0, 0.1) is 12.8 Å². The molecule has 1 aromatic rings. The predicted octanol–water partition coefficient (Wildman–Crippen LogP) is 0.590. The number of nitrogens with one attached hydrogen (secondary N) is 1. The molecule has 0 bridgehead atoms. The van der Waals surface area contributed by atoms with Crippen LogP contribution >= 0.6 is 0 Å². The zero-order valence-corrected chi connectivity index (χ0v) is 10.1. The Morgan fingerprint density at radius 2 is 2.44 bits per heavy atom. The molecule has 0 saturated carbocycles. The quantitative estimate of drug-likeness (QED) is 0.568. The molecule has 1 atom stereocenters. The van der Waals surface area contributed by atoms with Gasteiger partial charge in [0.05, 0.1) is 25.8 Å². The van der Waals surface area contributed by atoms with E-state index in [-0.39, 0.29) is 11.9 Å². The Bertz CT molecular complexity index is 336. The van der Waals surface area contributed by atoms with Gasteiger partial charge in [-0.05, 0) is 12.5 Å². The maximum absolute atomic E-state index is 11.1. The summed E-state index contributed by atoms with van der Waals surface area (Å²) >= 11 is 0. The number of carbonyl (C=O) groups excluding carboxylic acids is 1. The first-order valence-electron chi connectivity index (χ1n) is 5.41. The lowest BCUT2D eigenvalue weighted by Crippen LogP contribution is -2.29. The van der Waals surface area contributed by atoms with Crippen molar-refractivity contribution in [2.45, 2.75) is 20.4 Å². The zero-order valence-electron chi connectivity index (χ0n) is 10.1. The molecule has 0 aliphatic heterocycles. The van der Waals surface area contributed by atoms with Crippen molar-refractivity contribution in [1.29, 1.82) is 0 Å². The number of ether oxygens (including phenoxy) is 1. The van der Waals surface area contributed by atoms with Gasteiger partial charge in [-0.3, -0.25) is 9.48 Å². The number of aryl methyl sites for hydroxylation is 1. The van der Waals surface area contributed by atoms with Crippen molar-refractivity contribution in [2.24, 2.45) is 5.92 Å². The van der Waals surface area contributed by atoms with Crippen LogP contribution < -0.4 is 5.32 Å². The number of nitrogens with zero attached hydrogens (tertiary/aromatic N) is 2. The Morgan fingerprint density at radius 3 is 3.00 bits per heavy atom. The Labute approximate surface area is 95.8 Å². The Kier molecular flexibility index (Phi) is 4.98. The summed E-state index contributed by atoms with van der Waals surface area (Å²) in [6.07, 6.45) is 3.82. The minimum Gasteiger partial charge on any atom is -0.469 e. The number of rotatable bonds is 6. The van der Waals surface area contributed by atoms with E-state index in [9.17, 15) is 4.79 Å². The maximum atomic E-state index is 11.1. The lowest BCUT2D eigenvalue weighted by Gasteiger charge is -2.10. The lowest BCUT2D eigenvalue weighted by atomic mass is 10.2. The van der Waals surface area contributed by atoms with Gasteiger partial charge in [-0.2, -0.15) is 5.10 Å². The molecule has 5 nitrogen and oxygen atoms in total. The Morgan fingerprint density at radius 1 is 1.69 bits per heavy atom. The standard InChI is InChI=1S/C11H19N3O2/c1-9-6-13-14(8-9)5-4-12-7-10(2)11(15)16-3/h6,8,10,12H,4-5,7H2,1-3H3. The molecule has 16 heavy (non-hydrogen) atoms. The van der Waals surface area contributed by atoms with Gasteiger partial charge in [0.15, 0.2) is 0 Å². The van der Waals surface area contributed by atoms with Gasteiger partial charge < -0.3 is 10.1 Å². The second-order valence-corrected chi connectivity index (χ2v) is 3.91. The van der Waals surface area contributed by atoms with Crippen LogP contribution in [0.15, 0.2) is 12.4 Å². The van der Waals surface area contributed by atoms with Gasteiger partial charge in [0.25, 0.3) is 0 Å². The van der Waals surface area contributed by atoms with E-state index in [1.54, 1.807) is 0 Å². The van der Waals surface area contributed by atoms with E-state index in [0.717, 1.165) is 18.7 Å². The molecule has 0 saturated heterocycles. The summed E-state index contributed by atoms with van der Waals surface area (Å²) in [5, 5.41) is 7.37. The van der Waals surface area contributed by atoms with E-state index in [1.165, 1.54) is 7.11 Å². The number of esters is 1. The largest absolute Gasteiger partial charge is 0.469 e. The highest BCUT2D eigenvalue weighted by atomic mass is 16.5. The first-order chi connectivity index (χ1) is 7.63. The molecular weight excluding hydrogens is 206 g/mol. The summed E-state index contributed by atoms with van der Waals surface area (Å²) in [5.74, 6) is -0.285. The SMILES string of the molecule is COC(=O)C(C)CNCCn1cc(C)cn1. The van der Waals surface area contributed by atoms with E-state index in [1.807, 2.05) is 30.9 Å². The average Bonchev–Trinajstić information content (AvgIpc) is 2.69. The monoisotopic (exact) mass is 225 g/mol. The van der Waals surface area contributed by atoms with E-state index in [2.05, 4.69) is 15.2 Å². The Balaban J connectivity index is 2.14. The fourth-order valence-corrected chi connectivity index (χ4v) is 1.39. The van der Waals surface area contributed by atoms with E-state index in [0.29, 0.717) is 6.54 Å². The summed E-state index contributed by atoms with van der Waals surface area (Å²) < 4.78 is 6.51. The third-order valence-corrected chi connectivity index (χ3v) is 2.33. The molecule has 0 aromatic carbocycles. The van der Waals surface area contributed by atoms with Crippen LogP contribution in [-0.2, 0) is 16.1 Å². The second-order valence-electron chi connectivity index (χ2n) is 3.91. The van der Waals surface area contributed by atoms with E-state index >= 15 is 0 Å². The van der Waals surface area contributed by atoms with Crippen LogP contribution in [-0.4, -0.2) is 35.9 Å². The van der Waals surface area contributed by atoms with Crippen molar-refractivity contribution in [3.05, 3.63) is 18.0 Å². The summed E-state index contributed by atoms with van der Waals surface area (Å²) in [7, 11) is 1.41. The smallest absolute Gasteiger partial charge is 0.309 e. The van der Waals surface area contributed by atoms with Crippen molar-refractivity contribution in [1.82, 2.24) is 15.1 Å². The second kappa shape index (κ2) is 6.27. The van der Waals surface area contributed by atoms with Crippen LogP contribution in [0.4, 0.5) is 0 Å². The molecule has 0 amide bonds. The van der Waals surface area contributed by atoms with Gasteiger partial charge in [0.1, 0.15) is 0 Å². The van der Waals surface area contributed by atoms with Crippen molar-refractivity contribution in [3.8, 4) is 0 Å². The third kappa shape index (κ3) is 4.02. The first kappa shape index (κ1) is 12.7. The molecule has 0 aliphatic carbocycles. The zero-order chi connectivity index (χ0) is 12.0. The average molecular weight is 225 g/mol. The molecular formula is C11H19N3O2. The number of methoxy groups -OCH3 is 1. The molecule has 90 valence electrons. The molecule has 5 heteroatoms. The van der Waals surface area contributed by atoms with Crippen molar-refractivity contribution in [3.63, 3.8) is 0 Å². The van der Waals surface area contributed by atoms with Gasteiger partial charge in [-0.25, -0.2) is 0 Å². The van der Waals surface area contributed by atoms with Crippen LogP contribution in [0.2, 0.25) is 0 Å². The minimum atomic E-state index is -0.178. The topological polar surface area (TPSA) is 56.1 Å². The van der Waals surface area contributed by atoms with Gasteiger partial charge in [0.2, 0.25) is 0 Å². The molecule has 0 aliphatic rings. The summed E-state index contributed by atoms with van der Waals surface area (Å²) in [6, 6.07) is 0.